The van der Waals surface area contributed by atoms with Crippen molar-refractivity contribution >= 4 is 39.0 Å². The van der Waals surface area contributed by atoms with Gasteiger partial charge in [-0.3, -0.25) is 0 Å². The summed E-state index contributed by atoms with van der Waals surface area (Å²) >= 11 is 8.59. The Morgan fingerprint density at radius 3 is 2.62 bits per heavy atom. The van der Waals surface area contributed by atoms with E-state index >= 15 is 0 Å². The lowest BCUT2D eigenvalue weighted by Crippen LogP contribution is -2.14. The second-order valence-electron chi connectivity index (χ2n) is 5.37. The topological polar surface area (TPSA) is 50.7 Å². The predicted octanol–water partition coefficient (Wildman–Crippen LogP) is 4.48. The summed E-state index contributed by atoms with van der Waals surface area (Å²) in [5, 5.41) is 12.9. The highest BCUT2D eigenvalue weighted by molar-refractivity contribution is 9.10. The number of hydrogen-bond acceptors (Lipinski definition) is 4. The van der Waals surface area contributed by atoms with E-state index in [0.29, 0.717) is 6.61 Å². The third kappa shape index (κ3) is 4.47. The molecule has 0 saturated carbocycles. The summed E-state index contributed by atoms with van der Waals surface area (Å²) < 4.78 is 11.9. The number of hydrogen-bond donors (Lipinski definition) is 2. The van der Waals surface area contributed by atoms with Crippen LogP contribution in [0.5, 0.6) is 5.75 Å². The second-order valence-corrected chi connectivity index (χ2v) is 6.60. The van der Waals surface area contributed by atoms with E-state index in [1.165, 1.54) is 12.7 Å². The zero-order chi connectivity index (χ0) is 17.7. The largest absolute Gasteiger partial charge is 0.488 e. The summed E-state index contributed by atoms with van der Waals surface area (Å²) in [7, 11) is 1.51. The fourth-order valence-electron chi connectivity index (χ4n) is 2.25. The minimum atomic E-state index is -0.0813. The van der Waals surface area contributed by atoms with Gasteiger partial charge in [0.1, 0.15) is 12.4 Å². The first-order valence-corrected chi connectivity index (χ1v) is 8.62. The summed E-state index contributed by atoms with van der Waals surface area (Å²) in [6.07, 6.45) is 0. The molecule has 0 aromatic heterocycles. The predicted molar refractivity (Wildman–Crippen MR) is 104 cm³/mol. The normalized spacial score (nSPS) is 10.4. The molecule has 0 unspecified atom stereocenters. The molecule has 4 nitrogen and oxygen atoms in total. The van der Waals surface area contributed by atoms with E-state index in [0.717, 1.165) is 32.6 Å². The highest BCUT2D eigenvalue weighted by Crippen LogP contribution is 2.30. The van der Waals surface area contributed by atoms with Crippen LogP contribution in [0.15, 0.2) is 34.8 Å². The summed E-state index contributed by atoms with van der Waals surface area (Å²) in [6.45, 7) is 4.31. The number of aliphatic hydroxyl groups excluding tert-OH is 1. The third-order valence-corrected chi connectivity index (χ3v) is 4.67. The molecular weight excluding hydrogens is 390 g/mol. The number of thiocarbonyl (C=S) groups is 1. The number of benzene rings is 2. The second kappa shape index (κ2) is 8.46. The van der Waals surface area contributed by atoms with Crippen LogP contribution in [0.2, 0.25) is 0 Å². The zero-order valence-electron chi connectivity index (χ0n) is 13.9. The Morgan fingerprint density at radius 1 is 1.25 bits per heavy atom. The van der Waals surface area contributed by atoms with Gasteiger partial charge in [-0.25, -0.2) is 0 Å². The minimum Gasteiger partial charge on any atom is -0.488 e. The highest BCUT2D eigenvalue weighted by atomic mass is 79.9. The molecule has 6 heteroatoms. The van der Waals surface area contributed by atoms with Gasteiger partial charge in [-0.1, -0.05) is 12.1 Å². The Bertz CT molecular complexity index is 749. The van der Waals surface area contributed by atoms with Crippen molar-refractivity contribution in [3.8, 4) is 5.75 Å². The van der Waals surface area contributed by atoms with Gasteiger partial charge in [-0.05, 0) is 76.9 Å². The number of rotatable bonds is 5. The van der Waals surface area contributed by atoms with Gasteiger partial charge in [0.25, 0.3) is 5.17 Å². The van der Waals surface area contributed by atoms with Crippen molar-refractivity contribution in [2.45, 2.75) is 27.1 Å². The molecule has 0 saturated heterocycles. The van der Waals surface area contributed by atoms with Gasteiger partial charge in [0.2, 0.25) is 0 Å². The molecule has 2 aromatic carbocycles. The summed E-state index contributed by atoms with van der Waals surface area (Å²) in [4.78, 5) is 0. The maximum Gasteiger partial charge on any atom is 0.260 e. The van der Waals surface area contributed by atoms with E-state index in [9.17, 15) is 5.11 Å². The quantitative estimate of drug-likeness (QED) is 0.712. The van der Waals surface area contributed by atoms with Crippen LogP contribution in [0.1, 0.15) is 22.3 Å². The summed E-state index contributed by atoms with van der Waals surface area (Å²) in [5.41, 5.74) is 4.72. The van der Waals surface area contributed by atoms with E-state index in [4.69, 9.17) is 21.7 Å². The fraction of sp³-hybridized carbons (Fsp3) is 0.278. The molecule has 2 N–H and O–H groups in total. The molecule has 2 aromatic rings. The molecule has 24 heavy (non-hydrogen) atoms. The highest BCUT2D eigenvalue weighted by Gasteiger charge is 2.12. The van der Waals surface area contributed by atoms with Gasteiger partial charge in [-0.2, -0.15) is 0 Å². The number of ether oxygens (including phenoxy) is 2. The van der Waals surface area contributed by atoms with E-state index in [1.54, 1.807) is 0 Å². The number of aryl methyl sites for hydroxylation is 2. The van der Waals surface area contributed by atoms with Crippen LogP contribution in [0, 0.1) is 13.8 Å². The van der Waals surface area contributed by atoms with Gasteiger partial charge in [0.05, 0.1) is 18.2 Å². The van der Waals surface area contributed by atoms with Crippen molar-refractivity contribution in [2.24, 2.45) is 0 Å². The Labute approximate surface area is 155 Å². The molecule has 0 aliphatic heterocycles. The molecule has 128 valence electrons. The van der Waals surface area contributed by atoms with Gasteiger partial charge in [0, 0.05) is 11.3 Å². The van der Waals surface area contributed by atoms with Gasteiger partial charge in [-0.15, -0.1) is 0 Å². The number of halogens is 1. The van der Waals surface area contributed by atoms with E-state index in [2.05, 4.69) is 28.2 Å². The SMILES string of the molecule is COC(=S)Nc1cccc(CO)c1COc1cc(C)c(C)cc1Br. The van der Waals surface area contributed by atoms with Crippen molar-refractivity contribution in [1.29, 1.82) is 0 Å². The average Bonchev–Trinajstić information content (AvgIpc) is 2.57. The molecule has 0 atom stereocenters. The van der Waals surface area contributed by atoms with Gasteiger partial charge >= 0.3 is 0 Å². The van der Waals surface area contributed by atoms with Gasteiger partial charge in [0.15, 0.2) is 0 Å². The lowest BCUT2D eigenvalue weighted by molar-refractivity contribution is 0.269. The fourth-order valence-corrected chi connectivity index (χ4v) is 2.93. The van der Waals surface area contributed by atoms with Crippen molar-refractivity contribution in [2.75, 3.05) is 12.4 Å². The van der Waals surface area contributed by atoms with E-state index in [1.807, 2.05) is 37.3 Å². The molecular formula is C18H20BrNO3S. The van der Waals surface area contributed by atoms with Crippen LogP contribution in [-0.2, 0) is 18.0 Å². The number of nitrogens with one attached hydrogen (secondary N) is 1. The Hall–Kier alpha value is -1.63. The molecule has 0 spiro atoms. The lowest BCUT2D eigenvalue weighted by atomic mass is 10.1. The Kier molecular flexibility index (Phi) is 6.60. The first-order chi connectivity index (χ1) is 11.5. The zero-order valence-corrected chi connectivity index (χ0v) is 16.3. The smallest absolute Gasteiger partial charge is 0.260 e. The third-order valence-electron chi connectivity index (χ3n) is 3.79. The molecule has 2 rings (SSSR count). The summed E-state index contributed by atoms with van der Waals surface area (Å²) in [6, 6.07) is 9.60. The monoisotopic (exact) mass is 409 g/mol. The Morgan fingerprint density at radius 2 is 1.96 bits per heavy atom. The standard InChI is InChI=1S/C18H20BrNO3S/c1-11-7-15(19)17(8-12(11)2)23-10-14-13(9-21)5-4-6-16(14)20-18(24)22-3/h4-8,21H,9-10H2,1-3H3,(H,20,24). The number of methoxy groups -OCH3 is 1. The van der Waals surface area contributed by atoms with Gasteiger partial charge < -0.3 is 19.9 Å². The lowest BCUT2D eigenvalue weighted by Gasteiger charge is -2.17. The first-order valence-electron chi connectivity index (χ1n) is 7.42. The summed E-state index contributed by atoms with van der Waals surface area (Å²) in [5.74, 6) is 0.756. The average molecular weight is 410 g/mol. The van der Waals surface area contributed by atoms with Crippen molar-refractivity contribution in [1.82, 2.24) is 0 Å². The van der Waals surface area contributed by atoms with Crippen molar-refractivity contribution in [3.63, 3.8) is 0 Å². The Balaban J connectivity index is 2.28. The molecule has 0 radical (unpaired) electrons. The van der Waals surface area contributed by atoms with Crippen LogP contribution in [0.25, 0.3) is 0 Å². The van der Waals surface area contributed by atoms with E-state index in [-0.39, 0.29) is 11.8 Å². The first kappa shape index (κ1) is 18.7. The molecule has 0 fully saturated rings. The number of anilines is 1. The molecule has 0 heterocycles. The van der Waals surface area contributed by atoms with Crippen LogP contribution in [0.4, 0.5) is 5.69 Å². The van der Waals surface area contributed by atoms with Crippen molar-refractivity contribution in [3.05, 3.63) is 57.1 Å². The van der Waals surface area contributed by atoms with Crippen LogP contribution < -0.4 is 10.1 Å². The van der Waals surface area contributed by atoms with Crippen molar-refractivity contribution < 1.29 is 14.6 Å². The van der Waals surface area contributed by atoms with Crippen LogP contribution in [0.3, 0.4) is 0 Å². The maximum atomic E-state index is 9.61. The number of aliphatic hydroxyl groups is 1. The van der Waals surface area contributed by atoms with E-state index < -0.39 is 0 Å². The van der Waals surface area contributed by atoms with Crippen LogP contribution in [-0.4, -0.2) is 17.4 Å². The maximum absolute atomic E-state index is 9.61. The van der Waals surface area contributed by atoms with Crippen LogP contribution >= 0.6 is 28.1 Å². The molecule has 0 bridgehead atoms. The molecule has 0 aliphatic rings. The minimum absolute atomic E-state index is 0.0813. The molecule has 0 amide bonds. The molecule has 0 aliphatic carbocycles.